The number of likely N-dealkylation sites (N-methyl/N-ethyl adjacent to an activating group) is 1. The molecule has 0 bridgehead atoms. The second kappa shape index (κ2) is 13.1. The van der Waals surface area contributed by atoms with Crippen LogP contribution in [0.3, 0.4) is 0 Å². The molecule has 2 aromatic rings. The van der Waals surface area contributed by atoms with Gasteiger partial charge in [0.25, 0.3) is 0 Å². The highest BCUT2D eigenvalue weighted by Crippen LogP contribution is 2.38. The van der Waals surface area contributed by atoms with Gasteiger partial charge in [-0.2, -0.15) is 4.31 Å². The zero-order valence-corrected chi connectivity index (χ0v) is 26.9. The molecular weight excluding hydrogens is 550 g/mol. The van der Waals surface area contributed by atoms with Crippen LogP contribution in [0.2, 0.25) is 0 Å². The van der Waals surface area contributed by atoms with Gasteiger partial charge in [-0.3, -0.25) is 9.69 Å². The molecule has 232 valence electrons. The summed E-state index contributed by atoms with van der Waals surface area (Å²) in [6.07, 6.45) is 8.19. The maximum absolute atomic E-state index is 14.2. The largest absolute Gasteiger partial charge is 0.497 e. The molecule has 0 N–H and O–H groups in total. The molecule has 1 amide bonds. The minimum Gasteiger partial charge on any atom is -0.497 e. The lowest BCUT2D eigenvalue weighted by Crippen LogP contribution is -2.52. The number of hydrogen-bond donors (Lipinski definition) is 0. The predicted molar refractivity (Wildman–Crippen MR) is 165 cm³/mol. The van der Waals surface area contributed by atoms with Gasteiger partial charge in [-0.25, -0.2) is 8.42 Å². The topological polar surface area (TPSA) is 78.3 Å². The van der Waals surface area contributed by atoms with E-state index in [0.717, 1.165) is 51.1 Å². The molecule has 0 spiro atoms. The van der Waals surface area contributed by atoms with Crippen LogP contribution >= 0.6 is 0 Å². The fourth-order valence-corrected chi connectivity index (χ4v) is 9.45. The molecule has 2 aliphatic heterocycles. The summed E-state index contributed by atoms with van der Waals surface area (Å²) >= 11 is 0. The quantitative estimate of drug-likeness (QED) is 0.433. The SMILES string of the molecule is COc1cc(C)c(S(=O)(=O)N2CCn3cccc3C2CCCC(=O)N(C)[C@H]2CCC[C@H](N3CCN(C)CC3)C2)c(C)c1. The number of carbonyl (C=O) groups is 1. The summed E-state index contributed by atoms with van der Waals surface area (Å²) in [6, 6.07) is 8.11. The third-order valence-corrected chi connectivity index (χ3v) is 12.0. The highest BCUT2D eigenvalue weighted by atomic mass is 32.2. The zero-order valence-electron chi connectivity index (χ0n) is 26.1. The Morgan fingerprint density at radius 3 is 2.45 bits per heavy atom. The number of carbonyl (C=O) groups excluding carboxylic acids is 1. The Bertz CT molecular complexity index is 1330. The number of aromatic nitrogens is 1. The average molecular weight is 600 g/mol. The molecule has 1 saturated carbocycles. The van der Waals surface area contributed by atoms with Gasteiger partial charge < -0.3 is 19.1 Å². The van der Waals surface area contributed by atoms with Crippen LogP contribution in [0.15, 0.2) is 35.4 Å². The van der Waals surface area contributed by atoms with Crippen LogP contribution in [0.4, 0.5) is 0 Å². The number of fused-ring (bicyclic) bond motifs is 1. The van der Waals surface area contributed by atoms with E-state index in [1.165, 1.54) is 6.42 Å². The van der Waals surface area contributed by atoms with E-state index in [9.17, 15) is 13.2 Å². The van der Waals surface area contributed by atoms with Crippen LogP contribution in [-0.2, 0) is 21.4 Å². The first-order valence-corrected chi connectivity index (χ1v) is 17.0. The van der Waals surface area contributed by atoms with Gasteiger partial charge in [0.1, 0.15) is 5.75 Å². The Kier molecular flexibility index (Phi) is 9.66. The number of sulfonamides is 1. The fourth-order valence-electron chi connectivity index (χ4n) is 7.41. The molecule has 9 nitrogen and oxygen atoms in total. The van der Waals surface area contributed by atoms with Crippen LogP contribution < -0.4 is 4.74 Å². The molecule has 42 heavy (non-hydrogen) atoms. The first-order valence-electron chi connectivity index (χ1n) is 15.6. The summed E-state index contributed by atoms with van der Waals surface area (Å²) in [6.45, 7) is 9.15. The molecule has 5 rings (SSSR count). The number of methoxy groups -OCH3 is 1. The molecule has 3 atom stereocenters. The van der Waals surface area contributed by atoms with Crippen molar-refractivity contribution in [1.29, 1.82) is 0 Å². The van der Waals surface area contributed by atoms with Crippen LogP contribution in [0.25, 0.3) is 0 Å². The van der Waals surface area contributed by atoms with Crippen molar-refractivity contribution < 1.29 is 17.9 Å². The van der Waals surface area contributed by atoms with E-state index >= 15 is 0 Å². The van der Waals surface area contributed by atoms with E-state index < -0.39 is 10.0 Å². The number of rotatable bonds is 9. The first-order chi connectivity index (χ1) is 20.1. The van der Waals surface area contributed by atoms with Crippen molar-refractivity contribution in [3.05, 3.63) is 47.3 Å². The Hall–Kier alpha value is -2.40. The zero-order chi connectivity index (χ0) is 30.0. The Morgan fingerprint density at radius 2 is 1.76 bits per heavy atom. The molecule has 2 fully saturated rings. The number of benzene rings is 1. The third kappa shape index (κ3) is 6.42. The number of nitrogens with zero attached hydrogens (tertiary/aromatic N) is 5. The van der Waals surface area contributed by atoms with Crippen LogP contribution in [0.5, 0.6) is 5.75 Å². The summed E-state index contributed by atoms with van der Waals surface area (Å²) < 4.78 is 37.5. The molecule has 0 radical (unpaired) electrons. The molecule has 3 heterocycles. The third-order valence-electron chi connectivity index (χ3n) is 9.83. The van der Waals surface area contributed by atoms with Gasteiger partial charge >= 0.3 is 0 Å². The number of piperazine rings is 1. The highest BCUT2D eigenvalue weighted by Gasteiger charge is 2.38. The summed E-state index contributed by atoms with van der Waals surface area (Å²) in [7, 11) is 1.99. The van der Waals surface area contributed by atoms with Crippen molar-refractivity contribution in [3.8, 4) is 5.75 Å². The van der Waals surface area contributed by atoms with Gasteiger partial charge in [0.2, 0.25) is 15.9 Å². The highest BCUT2D eigenvalue weighted by molar-refractivity contribution is 7.89. The van der Waals surface area contributed by atoms with Crippen LogP contribution in [0, 0.1) is 13.8 Å². The second-order valence-corrected chi connectivity index (χ2v) is 14.4. The van der Waals surface area contributed by atoms with Crippen molar-refractivity contribution in [3.63, 3.8) is 0 Å². The van der Waals surface area contributed by atoms with Crippen molar-refractivity contribution in [1.82, 2.24) is 23.6 Å². The predicted octanol–water partition coefficient (Wildman–Crippen LogP) is 4.05. The van der Waals surface area contributed by atoms with E-state index in [-0.39, 0.29) is 18.0 Å². The number of aryl methyl sites for hydroxylation is 2. The minimum absolute atomic E-state index is 0.168. The van der Waals surface area contributed by atoms with Gasteiger partial charge in [0.15, 0.2) is 0 Å². The standard InChI is InChI=1S/C32H49N5O4S/c1-24-21-28(41-5)22-25(2)32(24)42(39,40)37-20-19-36-14-8-12-29(36)30(37)11-7-13-31(38)34(4)26-9-6-10-27(23-26)35-17-15-33(3)16-18-35/h8,12,14,21-22,26-27,30H,6-7,9-11,13,15-20,23H2,1-5H3/t26-,27-,30?/m0/s1. The van der Waals surface area contributed by atoms with Crippen LogP contribution in [0.1, 0.15) is 67.8 Å². The molecule has 1 saturated heterocycles. The number of amides is 1. The molecule has 10 heteroatoms. The van der Waals surface area contributed by atoms with Gasteiger partial charge in [0, 0.05) is 76.7 Å². The van der Waals surface area contributed by atoms with Gasteiger partial charge in [-0.15, -0.1) is 0 Å². The molecule has 1 aromatic carbocycles. The van der Waals surface area contributed by atoms with Gasteiger partial charge in [-0.1, -0.05) is 0 Å². The summed E-state index contributed by atoms with van der Waals surface area (Å²) in [5.74, 6) is 0.824. The van der Waals surface area contributed by atoms with Crippen molar-refractivity contribution in [2.24, 2.45) is 0 Å². The van der Waals surface area contributed by atoms with Crippen molar-refractivity contribution in [2.75, 3.05) is 53.9 Å². The lowest BCUT2D eigenvalue weighted by atomic mass is 9.88. The first kappa shape index (κ1) is 31.0. The second-order valence-electron chi connectivity index (χ2n) is 12.6. The Labute approximate surface area is 252 Å². The average Bonchev–Trinajstić information content (AvgIpc) is 3.46. The Morgan fingerprint density at radius 1 is 1.05 bits per heavy atom. The summed E-state index contributed by atoms with van der Waals surface area (Å²) in [5.41, 5.74) is 2.37. The lowest BCUT2D eigenvalue weighted by molar-refractivity contribution is -0.133. The summed E-state index contributed by atoms with van der Waals surface area (Å²) in [4.78, 5) is 20.8. The molecule has 1 aromatic heterocycles. The molecule has 1 aliphatic carbocycles. The maximum Gasteiger partial charge on any atom is 0.244 e. The van der Waals surface area contributed by atoms with Gasteiger partial charge in [-0.05, 0) is 94.8 Å². The smallest absolute Gasteiger partial charge is 0.244 e. The molecular formula is C32H49N5O4S. The summed E-state index contributed by atoms with van der Waals surface area (Å²) in [5, 5.41) is 0. The fraction of sp³-hybridized carbons (Fsp3) is 0.656. The Balaban J connectivity index is 1.25. The van der Waals surface area contributed by atoms with E-state index in [4.69, 9.17) is 4.74 Å². The van der Waals surface area contributed by atoms with Crippen LogP contribution in [-0.4, -0.2) is 104 Å². The lowest BCUT2D eigenvalue weighted by Gasteiger charge is -2.43. The molecule has 3 aliphatic rings. The van der Waals surface area contributed by atoms with Gasteiger partial charge in [0.05, 0.1) is 18.0 Å². The van der Waals surface area contributed by atoms with E-state index in [2.05, 4.69) is 21.4 Å². The maximum atomic E-state index is 14.2. The number of hydrogen-bond acceptors (Lipinski definition) is 6. The number of ether oxygens (including phenoxy) is 1. The minimum atomic E-state index is -3.76. The molecule has 1 unspecified atom stereocenters. The van der Waals surface area contributed by atoms with E-state index in [1.54, 1.807) is 23.5 Å². The normalized spacial score (nSPS) is 24.4. The van der Waals surface area contributed by atoms with E-state index in [0.29, 0.717) is 60.2 Å². The van der Waals surface area contributed by atoms with Crippen molar-refractivity contribution >= 4 is 15.9 Å². The van der Waals surface area contributed by atoms with Crippen molar-refractivity contribution in [2.45, 2.75) is 88.4 Å². The van der Waals surface area contributed by atoms with E-state index in [1.807, 2.05) is 44.1 Å². The monoisotopic (exact) mass is 599 g/mol.